The van der Waals surface area contributed by atoms with Crippen molar-refractivity contribution < 1.29 is 0 Å². The molecule has 1 aromatic heterocycles. The van der Waals surface area contributed by atoms with Gasteiger partial charge in [0.1, 0.15) is 0 Å². The van der Waals surface area contributed by atoms with Gasteiger partial charge in [-0.05, 0) is 37.8 Å². The van der Waals surface area contributed by atoms with E-state index in [1.807, 2.05) is 0 Å². The normalized spacial score (nSPS) is 25.2. The van der Waals surface area contributed by atoms with Gasteiger partial charge in [0.05, 0.1) is 6.04 Å². The van der Waals surface area contributed by atoms with Crippen LogP contribution in [0.1, 0.15) is 43.5 Å². The monoisotopic (exact) mass is 238 g/mol. The van der Waals surface area contributed by atoms with Gasteiger partial charge in [0.25, 0.3) is 0 Å². The van der Waals surface area contributed by atoms with E-state index in [9.17, 15) is 0 Å². The minimum Gasteiger partial charge on any atom is -0.322 e. The molecular formula is C13H22N2S. The Hall–Kier alpha value is -0.380. The summed E-state index contributed by atoms with van der Waals surface area (Å²) in [5, 5.41) is 2.11. The Bertz CT molecular complexity index is 297. The van der Waals surface area contributed by atoms with Gasteiger partial charge in [-0.3, -0.25) is 4.90 Å². The van der Waals surface area contributed by atoms with Crippen LogP contribution >= 0.6 is 11.3 Å². The summed E-state index contributed by atoms with van der Waals surface area (Å²) in [6.45, 7) is 4.58. The number of thiophene rings is 1. The van der Waals surface area contributed by atoms with E-state index in [2.05, 4.69) is 29.3 Å². The first kappa shape index (κ1) is 12.1. The maximum absolute atomic E-state index is 6.25. The molecule has 1 aliphatic heterocycles. The molecule has 2 N–H and O–H groups in total. The highest BCUT2D eigenvalue weighted by Gasteiger charge is 2.19. The van der Waals surface area contributed by atoms with E-state index in [4.69, 9.17) is 5.73 Å². The minimum atomic E-state index is 0.195. The molecule has 0 spiro atoms. The number of nitrogens with two attached hydrogens (primary N) is 1. The van der Waals surface area contributed by atoms with Gasteiger partial charge in [-0.2, -0.15) is 0 Å². The molecule has 2 unspecified atom stereocenters. The highest BCUT2D eigenvalue weighted by atomic mass is 32.1. The summed E-state index contributed by atoms with van der Waals surface area (Å²) in [7, 11) is 0. The van der Waals surface area contributed by atoms with Gasteiger partial charge in [-0.25, -0.2) is 0 Å². The van der Waals surface area contributed by atoms with Crippen molar-refractivity contribution >= 4 is 11.3 Å². The summed E-state index contributed by atoms with van der Waals surface area (Å²) in [5.41, 5.74) is 6.25. The van der Waals surface area contributed by atoms with Crippen molar-refractivity contribution in [2.45, 2.75) is 44.7 Å². The number of rotatable bonds is 3. The Kier molecular flexibility index (Phi) is 4.38. The predicted molar refractivity (Wildman–Crippen MR) is 70.8 cm³/mol. The van der Waals surface area contributed by atoms with Gasteiger partial charge >= 0.3 is 0 Å². The van der Waals surface area contributed by atoms with E-state index in [1.54, 1.807) is 11.3 Å². The van der Waals surface area contributed by atoms with Crippen molar-refractivity contribution in [1.82, 2.24) is 4.90 Å². The Morgan fingerprint density at radius 2 is 2.38 bits per heavy atom. The third-order valence-corrected chi connectivity index (χ3v) is 4.53. The zero-order valence-electron chi connectivity index (χ0n) is 10.1. The summed E-state index contributed by atoms with van der Waals surface area (Å²) in [5.74, 6) is 0. The smallest absolute Gasteiger partial charge is 0.0519 e. The molecule has 2 rings (SSSR count). The van der Waals surface area contributed by atoms with Crippen LogP contribution in [0.2, 0.25) is 0 Å². The molecule has 0 amide bonds. The molecule has 1 aromatic rings. The van der Waals surface area contributed by atoms with Crippen LogP contribution in [0.15, 0.2) is 17.5 Å². The first-order valence-corrected chi connectivity index (χ1v) is 7.18. The third-order valence-electron chi connectivity index (χ3n) is 3.53. The van der Waals surface area contributed by atoms with Gasteiger partial charge in [0.15, 0.2) is 0 Å². The number of hydrogen-bond acceptors (Lipinski definition) is 3. The highest BCUT2D eigenvalue weighted by Crippen LogP contribution is 2.22. The zero-order chi connectivity index (χ0) is 11.4. The van der Waals surface area contributed by atoms with Gasteiger partial charge < -0.3 is 5.73 Å². The molecule has 0 aromatic carbocycles. The van der Waals surface area contributed by atoms with E-state index in [0.29, 0.717) is 6.04 Å². The van der Waals surface area contributed by atoms with Crippen LogP contribution in [0.3, 0.4) is 0 Å². The lowest BCUT2D eigenvalue weighted by Gasteiger charge is -2.29. The van der Waals surface area contributed by atoms with E-state index in [0.717, 1.165) is 6.54 Å². The Labute approximate surface area is 102 Å². The van der Waals surface area contributed by atoms with Gasteiger partial charge in [0, 0.05) is 17.5 Å². The van der Waals surface area contributed by atoms with Crippen molar-refractivity contribution in [2.24, 2.45) is 5.73 Å². The zero-order valence-corrected chi connectivity index (χ0v) is 10.9. The van der Waals surface area contributed by atoms with Crippen LogP contribution in [0.5, 0.6) is 0 Å². The summed E-state index contributed by atoms with van der Waals surface area (Å²) in [6.07, 6.45) is 5.43. The molecule has 2 heterocycles. The standard InChI is InChI=1S/C13H22N2S/c1-11-6-3-2-4-8-15(11)10-12(14)13-7-5-9-16-13/h5,7,9,11-12H,2-4,6,8,10,14H2,1H3. The van der Waals surface area contributed by atoms with Crippen LogP contribution in [-0.4, -0.2) is 24.0 Å². The third kappa shape index (κ3) is 3.06. The quantitative estimate of drug-likeness (QED) is 0.877. The molecule has 1 aliphatic rings. The fourth-order valence-electron chi connectivity index (χ4n) is 2.45. The summed E-state index contributed by atoms with van der Waals surface area (Å²) >= 11 is 1.77. The number of likely N-dealkylation sites (tertiary alicyclic amines) is 1. The molecule has 0 radical (unpaired) electrons. The largest absolute Gasteiger partial charge is 0.322 e. The lowest BCUT2D eigenvalue weighted by atomic mass is 10.1. The first-order chi connectivity index (χ1) is 7.77. The van der Waals surface area contributed by atoms with E-state index in [-0.39, 0.29) is 6.04 Å². The lowest BCUT2D eigenvalue weighted by molar-refractivity contribution is 0.202. The lowest BCUT2D eigenvalue weighted by Crippen LogP contribution is -2.38. The molecular weight excluding hydrogens is 216 g/mol. The van der Waals surface area contributed by atoms with Gasteiger partial charge in [-0.15, -0.1) is 11.3 Å². The molecule has 0 aliphatic carbocycles. The van der Waals surface area contributed by atoms with Crippen LogP contribution in [-0.2, 0) is 0 Å². The average Bonchev–Trinajstić information content (AvgIpc) is 2.73. The van der Waals surface area contributed by atoms with Crippen LogP contribution in [0, 0.1) is 0 Å². The molecule has 1 saturated heterocycles. The minimum absolute atomic E-state index is 0.195. The maximum atomic E-state index is 6.25. The second-order valence-electron chi connectivity index (χ2n) is 4.82. The maximum Gasteiger partial charge on any atom is 0.0519 e. The van der Waals surface area contributed by atoms with Gasteiger partial charge in [-0.1, -0.05) is 18.9 Å². The van der Waals surface area contributed by atoms with E-state index >= 15 is 0 Å². The summed E-state index contributed by atoms with van der Waals surface area (Å²) in [4.78, 5) is 3.88. The van der Waals surface area contributed by atoms with Crippen LogP contribution in [0.25, 0.3) is 0 Å². The first-order valence-electron chi connectivity index (χ1n) is 6.30. The molecule has 16 heavy (non-hydrogen) atoms. The van der Waals surface area contributed by atoms with E-state index in [1.165, 1.54) is 37.1 Å². The Morgan fingerprint density at radius 1 is 1.50 bits per heavy atom. The van der Waals surface area contributed by atoms with Crippen molar-refractivity contribution in [3.8, 4) is 0 Å². The number of hydrogen-bond donors (Lipinski definition) is 1. The molecule has 90 valence electrons. The van der Waals surface area contributed by atoms with Crippen molar-refractivity contribution in [3.05, 3.63) is 22.4 Å². The fraction of sp³-hybridized carbons (Fsp3) is 0.692. The fourth-order valence-corrected chi connectivity index (χ4v) is 3.17. The second kappa shape index (κ2) is 5.80. The molecule has 1 fully saturated rings. The average molecular weight is 238 g/mol. The Balaban J connectivity index is 1.92. The predicted octanol–water partition coefficient (Wildman–Crippen LogP) is 3.01. The van der Waals surface area contributed by atoms with Crippen molar-refractivity contribution in [3.63, 3.8) is 0 Å². The summed E-state index contributed by atoms with van der Waals surface area (Å²) < 4.78 is 0. The second-order valence-corrected chi connectivity index (χ2v) is 5.79. The molecule has 0 saturated carbocycles. The molecule has 2 atom stereocenters. The summed E-state index contributed by atoms with van der Waals surface area (Å²) in [6, 6.07) is 5.14. The van der Waals surface area contributed by atoms with Crippen LogP contribution < -0.4 is 5.73 Å². The highest BCUT2D eigenvalue weighted by molar-refractivity contribution is 7.10. The van der Waals surface area contributed by atoms with Crippen molar-refractivity contribution in [1.29, 1.82) is 0 Å². The Morgan fingerprint density at radius 3 is 3.12 bits per heavy atom. The van der Waals surface area contributed by atoms with Crippen molar-refractivity contribution in [2.75, 3.05) is 13.1 Å². The molecule has 2 nitrogen and oxygen atoms in total. The van der Waals surface area contributed by atoms with Crippen LogP contribution in [0.4, 0.5) is 0 Å². The molecule has 3 heteroatoms. The van der Waals surface area contributed by atoms with E-state index < -0.39 is 0 Å². The SMILES string of the molecule is CC1CCCCCN1CC(N)c1cccs1. The molecule has 0 bridgehead atoms. The topological polar surface area (TPSA) is 29.3 Å². The number of nitrogens with zero attached hydrogens (tertiary/aromatic N) is 1. The van der Waals surface area contributed by atoms with Gasteiger partial charge in [0.2, 0.25) is 0 Å².